The van der Waals surface area contributed by atoms with Gasteiger partial charge in [-0.2, -0.15) is 5.10 Å². The van der Waals surface area contributed by atoms with Crippen LogP contribution in [0.2, 0.25) is 0 Å². The molecule has 130 valence electrons. The number of hydrogen-bond acceptors (Lipinski definition) is 6. The van der Waals surface area contributed by atoms with E-state index in [2.05, 4.69) is 9.97 Å². The molecule has 2 N–H and O–H groups in total. The van der Waals surface area contributed by atoms with E-state index in [1.54, 1.807) is 23.7 Å². The third kappa shape index (κ3) is 2.91. The lowest BCUT2D eigenvalue weighted by Crippen LogP contribution is -2.27. The summed E-state index contributed by atoms with van der Waals surface area (Å²) >= 11 is 1.55. The lowest BCUT2D eigenvalue weighted by molar-refractivity contribution is 0.0795. The molecular weight excluding hydrogens is 336 g/mol. The fourth-order valence-electron chi connectivity index (χ4n) is 3.35. The van der Waals surface area contributed by atoms with Crippen LogP contribution in [-0.2, 0) is 6.54 Å². The van der Waals surface area contributed by atoms with Crippen LogP contribution in [0.5, 0.6) is 0 Å². The highest BCUT2D eigenvalue weighted by Gasteiger charge is 2.32. The highest BCUT2D eigenvalue weighted by Crippen LogP contribution is 2.31. The number of amides is 1. The molecule has 1 fully saturated rings. The number of carbonyl (C=O) groups excluding carboxylic acids is 1. The fraction of sp³-hybridized carbons (Fsp3) is 0.412. The predicted octanol–water partition coefficient (Wildman–Crippen LogP) is 1.78. The number of nitrogens with two attached hydrogens (primary N) is 1. The van der Waals surface area contributed by atoms with Gasteiger partial charge in [0.05, 0.1) is 17.1 Å². The Hall–Kier alpha value is -2.32. The van der Waals surface area contributed by atoms with Crippen molar-refractivity contribution in [2.45, 2.75) is 25.8 Å². The molecule has 25 heavy (non-hydrogen) atoms. The highest BCUT2D eigenvalue weighted by atomic mass is 32.1. The Morgan fingerprint density at radius 1 is 1.36 bits per heavy atom. The monoisotopic (exact) mass is 356 g/mol. The lowest BCUT2D eigenvalue weighted by Gasteiger charge is -2.15. The van der Waals surface area contributed by atoms with Gasteiger partial charge in [0, 0.05) is 42.8 Å². The van der Waals surface area contributed by atoms with Gasteiger partial charge >= 0.3 is 0 Å². The summed E-state index contributed by atoms with van der Waals surface area (Å²) in [7, 11) is 0. The number of fused-ring (bicyclic) bond motifs is 1. The first-order chi connectivity index (χ1) is 12.2. The van der Waals surface area contributed by atoms with Gasteiger partial charge in [-0.3, -0.25) is 4.79 Å². The van der Waals surface area contributed by atoms with Crippen molar-refractivity contribution >= 4 is 28.4 Å². The van der Waals surface area contributed by atoms with Gasteiger partial charge in [-0.05, 0) is 25.5 Å². The Morgan fingerprint density at radius 2 is 2.20 bits per heavy atom. The van der Waals surface area contributed by atoms with Gasteiger partial charge in [0.15, 0.2) is 5.65 Å². The third-order valence-corrected chi connectivity index (χ3v) is 5.54. The first-order valence-electron chi connectivity index (χ1n) is 8.40. The SMILES string of the molecule is Cc1ccc(C(=O)N2CC[C@@H](c3nn(CCN)c4nccnc34)C2)s1. The van der Waals surface area contributed by atoms with Gasteiger partial charge in [0.1, 0.15) is 5.52 Å². The Bertz CT molecular complexity index is 917. The molecule has 4 rings (SSSR count). The molecule has 4 heterocycles. The maximum Gasteiger partial charge on any atom is 0.263 e. The van der Waals surface area contributed by atoms with Crippen molar-refractivity contribution in [3.8, 4) is 0 Å². The number of carbonyl (C=O) groups is 1. The molecule has 1 aliphatic rings. The largest absolute Gasteiger partial charge is 0.337 e. The van der Waals surface area contributed by atoms with Crippen molar-refractivity contribution < 1.29 is 4.79 Å². The molecule has 0 aromatic carbocycles. The van der Waals surface area contributed by atoms with Gasteiger partial charge in [0.2, 0.25) is 0 Å². The number of thiophene rings is 1. The Morgan fingerprint density at radius 3 is 2.96 bits per heavy atom. The lowest BCUT2D eigenvalue weighted by atomic mass is 10.0. The molecule has 3 aromatic rings. The van der Waals surface area contributed by atoms with E-state index in [9.17, 15) is 4.79 Å². The minimum atomic E-state index is 0.109. The normalized spacial score (nSPS) is 17.5. The van der Waals surface area contributed by atoms with E-state index in [1.807, 2.05) is 28.6 Å². The number of rotatable bonds is 4. The molecule has 1 aliphatic heterocycles. The minimum absolute atomic E-state index is 0.109. The van der Waals surface area contributed by atoms with Gasteiger partial charge in [-0.25, -0.2) is 14.6 Å². The summed E-state index contributed by atoms with van der Waals surface area (Å²) in [6.45, 7) is 4.54. The van der Waals surface area contributed by atoms with Crippen LogP contribution in [0.15, 0.2) is 24.5 Å². The van der Waals surface area contributed by atoms with E-state index in [4.69, 9.17) is 10.8 Å². The second-order valence-electron chi connectivity index (χ2n) is 6.27. The summed E-state index contributed by atoms with van der Waals surface area (Å²) in [4.78, 5) is 25.4. The summed E-state index contributed by atoms with van der Waals surface area (Å²) in [5.41, 5.74) is 8.19. The third-order valence-electron chi connectivity index (χ3n) is 4.55. The molecule has 0 bridgehead atoms. The molecule has 8 heteroatoms. The maximum absolute atomic E-state index is 12.7. The number of aromatic nitrogens is 4. The second kappa shape index (κ2) is 6.53. The molecule has 0 unspecified atom stereocenters. The molecule has 0 saturated carbocycles. The van der Waals surface area contributed by atoms with E-state index in [0.29, 0.717) is 19.6 Å². The van der Waals surface area contributed by atoms with Crippen molar-refractivity contribution in [1.29, 1.82) is 0 Å². The zero-order valence-corrected chi connectivity index (χ0v) is 14.9. The van der Waals surface area contributed by atoms with Crippen LogP contribution in [0, 0.1) is 6.92 Å². The van der Waals surface area contributed by atoms with Crippen LogP contribution in [0.25, 0.3) is 11.2 Å². The van der Waals surface area contributed by atoms with Crippen molar-refractivity contribution in [3.63, 3.8) is 0 Å². The van der Waals surface area contributed by atoms with Crippen molar-refractivity contribution in [1.82, 2.24) is 24.6 Å². The van der Waals surface area contributed by atoms with Crippen LogP contribution < -0.4 is 5.73 Å². The number of nitrogens with zero attached hydrogens (tertiary/aromatic N) is 5. The smallest absolute Gasteiger partial charge is 0.263 e. The van der Waals surface area contributed by atoms with Crippen LogP contribution >= 0.6 is 11.3 Å². The summed E-state index contributed by atoms with van der Waals surface area (Å²) < 4.78 is 1.82. The Kier molecular flexibility index (Phi) is 4.22. The summed E-state index contributed by atoms with van der Waals surface area (Å²) in [5, 5.41) is 4.71. The van der Waals surface area contributed by atoms with Crippen LogP contribution in [0.4, 0.5) is 0 Å². The van der Waals surface area contributed by atoms with E-state index < -0.39 is 0 Å². The van der Waals surface area contributed by atoms with Gasteiger partial charge in [0.25, 0.3) is 5.91 Å². The molecule has 1 atom stereocenters. The van der Waals surface area contributed by atoms with Crippen molar-refractivity contribution in [2.75, 3.05) is 19.6 Å². The summed E-state index contributed by atoms with van der Waals surface area (Å²) in [6.07, 6.45) is 4.25. The fourth-order valence-corrected chi connectivity index (χ4v) is 4.19. The minimum Gasteiger partial charge on any atom is -0.337 e. The van der Waals surface area contributed by atoms with Crippen LogP contribution in [-0.4, -0.2) is 50.2 Å². The molecule has 0 radical (unpaired) electrons. The average molecular weight is 356 g/mol. The predicted molar refractivity (Wildman–Crippen MR) is 96.7 cm³/mol. The highest BCUT2D eigenvalue weighted by molar-refractivity contribution is 7.13. The van der Waals surface area contributed by atoms with Gasteiger partial charge in [-0.1, -0.05) is 0 Å². The topological polar surface area (TPSA) is 89.9 Å². The first kappa shape index (κ1) is 16.2. The quantitative estimate of drug-likeness (QED) is 0.770. The standard InChI is InChI=1S/C17H20N6OS/c1-11-2-3-13(25-11)17(24)22-8-4-12(10-22)14-15-16(20-7-6-19-15)23(21-14)9-5-18/h2-3,6-7,12H,4-5,8-10,18H2,1H3/t12-/m1/s1. The van der Waals surface area contributed by atoms with Crippen LogP contribution in [0.3, 0.4) is 0 Å². The average Bonchev–Trinajstić information content (AvgIpc) is 3.33. The van der Waals surface area contributed by atoms with Crippen molar-refractivity contribution in [3.05, 3.63) is 40.0 Å². The number of hydrogen-bond donors (Lipinski definition) is 1. The zero-order valence-electron chi connectivity index (χ0n) is 14.1. The molecule has 3 aromatic heterocycles. The summed E-state index contributed by atoms with van der Waals surface area (Å²) in [6, 6.07) is 3.90. The molecule has 1 saturated heterocycles. The Labute approximate surface area is 149 Å². The molecule has 1 amide bonds. The van der Waals surface area contributed by atoms with Gasteiger partial charge < -0.3 is 10.6 Å². The Balaban J connectivity index is 1.59. The van der Waals surface area contributed by atoms with E-state index in [-0.39, 0.29) is 11.8 Å². The van der Waals surface area contributed by atoms with E-state index in [0.717, 1.165) is 39.6 Å². The van der Waals surface area contributed by atoms with Crippen molar-refractivity contribution in [2.24, 2.45) is 5.73 Å². The molecule has 7 nitrogen and oxygen atoms in total. The molecule has 0 aliphatic carbocycles. The van der Waals surface area contributed by atoms with E-state index in [1.165, 1.54) is 0 Å². The number of aryl methyl sites for hydroxylation is 1. The number of likely N-dealkylation sites (tertiary alicyclic amines) is 1. The van der Waals surface area contributed by atoms with Gasteiger partial charge in [-0.15, -0.1) is 11.3 Å². The van der Waals surface area contributed by atoms with E-state index >= 15 is 0 Å². The molecule has 0 spiro atoms. The zero-order chi connectivity index (χ0) is 17.4. The maximum atomic E-state index is 12.7. The summed E-state index contributed by atoms with van der Waals surface area (Å²) in [5.74, 6) is 0.292. The second-order valence-corrected chi connectivity index (χ2v) is 7.56. The van der Waals surface area contributed by atoms with Crippen LogP contribution in [0.1, 0.15) is 32.6 Å². The molecular formula is C17H20N6OS. The first-order valence-corrected chi connectivity index (χ1v) is 9.22.